The largest absolute Gasteiger partial charge is 0.350 e. The van der Waals surface area contributed by atoms with Crippen molar-refractivity contribution in [2.75, 3.05) is 26.7 Å². The average Bonchev–Trinajstić information content (AvgIpc) is 2.66. The van der Waals surface area contributed by atoms with Crippen LogP contribution in [-0.4, -0.2) is 42.2 Å². The van der Waals surface area contributed by atoms with Crippen LogP contribution in [0.2, 0.25) is 0 Å². The van der Waals surface area contributed by atoms with E-state index in [9.17, 15) is 0 Å². The standard InChI is InChI=1S/C16H23N3/c1-12-4-5-15-13(10-19(3)16(15)8-12)9-14-11-18(2)7-6-17-14/h4-5,8,10,14,17H,6-7,9,11H2,1-3H3. The molecule has 1 fully saturated rings. The summed E-state index contributed by atoms with van der Waals surface area (Å²) < 4.78 is 2.25. The van der Waals surface area contributed by atoms with E-state index in [0.29, 0.717) is 6.04 Å². The molecule has 19 heavy (non-hydrogen) atoms. The first kappa shape index (κ1) is 12.7. The minimum atomic E-state index is 0.575. The van der Waals surface area contributed by atoms with Crippen LogP contribution in [-0.2, 0) is 13.5 Å². The fourth-order valence-corrected chi connectivity index (χ4v) is 3.13. The van der Waals surface area contributed by atoms with Crippen LogP contribution < -0.4 is 5.32 Å². The second-order valence-electron chi connectivity index (χ2n) is 5.90. The summed E-state index contributed by atoms with van der Waals surface area (Å²) >= 11 is 0. The molecular formula is C16H23N3. The molecule has 0 bridgehead atoms. The number of fused-ring (bicyclic) bond motifs is 1. The van der Waals surface area contributed by atoms with E-state index in [2.05, 4.69) is 60.2 Å². The van der Waals surface area contributed by atoms with Crippen molar-refractivity contribution < 1.29 is 0 Å². The molecule has 3 nitrogen and oxygen atoms in total. The first-order chi connectivity index (χ1) is 9.13. The number of hydrogen-bond donors (Lipinski definition) is 1. The van der Waals surface area contributed by atoms with Crippen LogP contribution in [0.4, 0.5) is 0 Å². The molecule has 3 heteroatoms. The Kier molecular flexibility index (Phi) is 3.33. The number of hydrogen-bond acceptors (Lipinski definition) is 2. The Bertz CT molecular complexity index is 585. The number of aryl methyl sites for hydroxylation is 2. The predicted molar refractivity (Wildman–Crippen MR) is 80.6 cm³/mol. The Labute approximate surface area is 115 Å². The Morgan fingerprint density at radius 2 is 2.16 bits per heavy atom. The lowest BCUT2D eigenvalue weighted by Crippen LogP contribution is -2.49. The van der Waals surface area contributed by atoms with E-state index >= 15 is 0 Å². The van der Waals surface area contributed by atoms with Gasteiger partial charge in [0.25, 0.3) is 0 Å². The van der Waals surface area contributed by atoms with E-state index in [-0.39, 0.29) is 0 Å². The second-order valence-corrected chi connectivity index (χ2v) is 5.90. The Morgan fingerprint density at radius 3 is 2.95 bits per heavy atom. The molecule has 0 radical (unpaired) electrons. The lowest BCUT2D eigenvalue weighted by Gasteiger charge is -2.30. The third-order valence-corrected chi connectivity index (χ3v) is 4.15. The summed E-state index contributed by atoms with van der Waals surface area (Å²) in [5, 5.41) is 5.04. The minimum absolute atomic E-state index is 0.575. The Balaban J connectivity index is 1.88. The molecule has 1 unspecified atom stereocenters. The van der Waals surface area contributed by atoms with E-state index < -0.39 is 0 Å². The molecule has 1 atom stereocenters. The van der Waals surface area contributed by atoms with Gasteiger partial charge in [-0.05, 0) is 37.6 Å². The van der Waals surface area contributed by atoms with E-state index in [0.717, 1.165) is 26.1 Å². The van der Waals surface area contributed by atoms with E-state index in [1.165, 1.54) is 22.0 Å². The van der Waals surface area contributed by atoms with Gasteiger partial charge in [0, 0.05) is 49.8 Å². The third-order valence-electron chi connectivity index (χ3n) is 4.15. The fraction of sp³-hybridized carbons (Fsp3) is 0.500. The highest BCUT2D eigenvalue weighted by atomic mass is 15.2. The van der Waals surface area contributed by atoms with Crippen LogP contribution in [0.5, 0.6) is 0 Å². The number of benzene rings is 1. The Hall–Kier alpha value is -1.32. The maximum Gasteiger partial charge on any atom is 0.0483 e. The molecule has 0 amide bonds. The monoisotopic (exact) mass is 257 g/mol. The number of likely N-dealkylation sites (N-methyl/N-ethyl adjacent to an activating group) is 1. The van der Waals surface area contributed by atoms with Crippen LogP contribution in [0.25, 0.3) is 10.9 Å². The van der Waals surface area contributed by atoms with Crippen molar-refractivity contribution in [3.63, 3.8) is 0 Å². The molecule has 1 saturated heterocycles. The summed E-state index contributed by atoms with van der Waals surface area (Å²) in [5.74, 6) is 0. The average molecular weight is 257 g/mol. The zero-order valence-electron chi connectivity index (χ0n) is 12.1. The minimum Gasteiger partial charge on any atom is -0.350 e. The van der Waals surface area contributed by atoms with Crippen LogP contribution in [0.3, 0.4) is 0 Å². The zero-order chi connectivity index (χ0) is 13.4. The fourth-order valence-electron chi connectivity index (χ4n) is 3.13. The van der Waals surface area contributed by atoms with Gasteiger partial charge >= 0.3 is 0 Å². The lowest BCUT2D eigenvalue weighted by molar-refractivity contribution is 0.238. The molecule has 0 aliphatic carbocycles. The summed E-state index contributed by atoms with van der Waals surface area (Å²) in [6.07, 6.45) is 3.41. The van der Waals surface area contributed by atoms with E-state index in [4.69, 9.17) is 0 Å². The normalized spacial score (nSPS) is 21.1. The maximum atomic E-state index is 3.63. The quantitative estimate of drug-likeness (QED) is 0.887. The van der Waals surface area contributed by atoms with Gasteiger partial charge in [-0.25, -0.2) is 0 Å². The van der Waals surface area contributed by atoms with Crippen molar-refractivity contribution in [1.29, 1.82) is 0 Å². The van der Waals surface area contributed by atoms with Crippen LogP contribution in [0.1, 0.15) is 11.1 Å². The van der Waals surface area contributed by atoms with Gasteiger partial charge in [0.1, 0.15) is 0 Å². The first-order valence-electron chi connectivity index (χ1n) is 7.10. The predicted octanol–water partition coefficient (Wildman–Crippen LogP) is 1.93. The third kappa shape index (κ3) is 2.53. The summed E-state index contributed by atoms with van der Waals surface area (Å²) in [4.78, 5) is 2.41. The van der Waals surface area contributed by atoms with Gasteiger partial charge in [-0.2, -0.15) is 0 Å². The van der Waals surface area contributed by atoms with Crippen molar-refractivity contribution in [3.8, 4) is 0 Å². The van der Waals surface area contributed by atoms with Gasteiger partial charge in [0.05, 0.1) is 0 Å². The molecule has 3 rings (SSSR count). The van der Waals surface area contributed by atoms with Gasteiger partial charge in [0.2, 0.25) is 0 Å². The molecule has 1 aliphatic heterocycles. The van der Waals surface area contributed by atoms with Crippen molar-refractivity contribution in [1.82, 2.24) is 14.8 Å². The summed E-state index contributed by atoms with van der Waals surface area (Å²) in [6.45, 7) is 5.56. The van der Waals surface area contributed by atoms with Crippen molar-refractivity contribution in [2.24, 2.45) is 7.05 Å². The number of nitrogens with one attached hydrogen (secondary N) is 1. The van der Waals surface area contributed by atoms with Crippen molar-refractivity contribution in [3.05, 3.63) is 35.5 Å². The SMILES string of the molecule is Cc1ccc2c(CC3CN(C)CCN3)cn(C)c2c1. The van der Waals surface area contributed by atoms with Gasteiger partial charge in [-0.3, -0.25) is 0 Å². The molecule has 1 aromatic heterocycles. The lowest BCUT2D eigenvalue weighted by atomic mass is 10.0. The molecule has 2 heterocycles. The summed E-state index contributed by atoms with van der Waals surface area (Å²) in [6, 6.07) is 7.34. The highest BCUT2D eigenvalue weighted by Crippen LogP contribution is 2.23. The van der Waals surface area contributed by atoms with Crippen molar-refractivity contribution in [2.45, 2.75) is 19.4 Å². The molecule has 2 aromatic rings. The maximum absolute atomic E-state index is 3.63. The molecular weight excluding hydrogens is 234 g/mol. The molecule has 1 aliphatic rings. The zero-order valence-corrected chi connectivity index (χ0v) is 12.1. The topological polar surface area (TPSA) is 20.2 Å². The van der Waals surface area contributed by atoms with E-state index in [1.807, 2.05) is 0 Å². The van der Waals surface area contributed by atoms with Gasteiger partial charge < -0.3 is 14.8 Å². The van der Waals surface area contributed by atoms with Gasteiger partial charge in [0.15, 0.2) is 0 Å². The number of aromatic nitrogens is 1. The molecule has 102 valence electrons. The van der Waals surface area contributed by atoms with Gasteiger partial charge in [-0.1, -0.05) is 12.1 Å². The first-order valence-corrected chi connectivity index (χ1v) is 7.10. The molecule has 0 spiro atoms. The summed E-state index contributed by atoms with van der Waals surface area (Å²) in [5.41, 5.74) is 4.14. The number of piperazine rings is 1. The Morgan fingerprint density at radius 1 is 1.32 bits per heavy atom. The molecule has 1 aromatic carbocycles. The second kappa shape index (κ2) is 4.99. The molecule has 1 N–H and O–H groups in total. The van der Waals surface area contributed by atoms with Crippen LogP contribution >= 0.6 is 0 Å². The van der Waals surface area contributed by atoms with Gasteiger partial charge in [-0.15, -0.1) is 0 Å². The number of nitrogens with zero attached hydrogens (tertiary/aromatic N) is 2. The van der Waals surface area contributed by atoms with Crippen LogP contribution in [0, 0.1) is 6.92 Å². The highest BCUT2D eigenvalue weighted by molar-refractivity contribution is 5.84. The van der Waals surface area contributed by atoms with E-state index in [1.54, 1.807) is 0 Å². The molecule has 0 saturated carbocycles. The number of rotatable bonds is 2. The van der Waals surface area contributed by atoms with Crippen LogP contribution in [0.15, 0.2) is 24.4 Å². The highest BCUT2D eigenvalue weighted by Gasteiger charge is 2.18. The smallest absolute Gasteiger partial charge is 0.0483 e. The summed E-state index contributed by atoms with van der Waals surface area (Å²) in [7, 11) is 4.35. The van der Waals surface area contributed by atoms with Crippen molar-refractivity contribution >= 4 is 10.9 Å².